The quantitative estimate of drug-likeness (QED) is 0.275. The van der Waals surface area contributed by atoms with Crippen LogP contribution in [-0.4, -0.2) is 23.6 Å². The first-order valence-corrected chi connectivity index (χ1v) is 11.1. The average Bonchev–Trinajstić information content (AvgIpc) is 2.80. The second kappa shape index (κ2) is 11.5. The van der Waals surface area contributed by atoms with E-state index in [2.05, 4.69) is 27.9 Å². The molecular weight excluding hydrogens is 540 g/mol. The summed E-state index contributed by atoms with van der Waals surface area (Å²) in [5, 5.41) is 12.0. The molecule has 0 atom stereocenters. The Bertz CT molecular complexity index is 1160. The summed E-state index contributed by atoms with van der Waals surface area (Å²) in [5.41, 5.74) is 1.37. The maximum Gasteiger partial charge on any atom is 0.352 e. The highest BCUT2D eigenvalue weighted by Crippen LogP contribution is 2.35. The van der Waals surface area contributed by atoms with Gasteiger partial charge in [-0.3, -0.25) is 4.79 Å². The van der Waals surface area contributed by atoms with Crippen molar-refractivity contribution in [2.24, 2.45) is 0 Å². The highest BCUT2D eigenvalue weighted by atomic mass is 127. The van der Waals surface area contributed by atoms with E-state index in [0.29, 0.717) is 32.8 Å². The van der Waals surface area contributed by atoms with Crippen molar-refractivity contribution < 1.29 is 28.6 Å². The van der Waals surface area contributed by atoms with Gasteiger partial charge in [0.05, 0.1) is 10.2 Å². The van der Waals surface area contributed by atoms with Crippen LogP contribution in [0.3, 0.4) is 0 Å². The maximum absolute atomic E-state index is 13.1. The molecule has 0 bridgehead atoms. The first-order valence-electron chi connectivity index (χ1n) is 10.0. The SMILES string of the molecule is CCOc1cc(/C=C(/NC(=O)c2ccccc2)C(=O)O)cc(I)c1OCc1ccc(F)cc1. The highest BCUT2D eigenvalue weighted by molar-refractivity contribution is 14.1. The van der Waals surface area contributed by atoms with Gasteiger partial charge in [0.25, 0.3) is 5.91 Å². The molecule has 0 unspecified atom stereocenters. The number of nitrogens with one attached hydrogen (secondary N) is 1. The van der Waals surface area contributed by atoms with E-state index < -0.39 is 11.9 Å². The normalized spacial score (nSPS) is 11.1. The molecule has 0 saturated carbocycles. The minimum atomic E-state index is -1.27. The van der Waals surface area contributed by atoms with E-state index in [9.17, 15) is 19.1 Å². The zero-order valence-corrected chi connectivity index (χ0v) is 19.8. The third kappa shape index (κ3) is 6.79. The fraction of sp³-hybridized carbons (Fsp3) is 0.120. The topological polar surface area (TPSA) is 84.9 Å². The molecule has 3 aromatic carbocycles. The van der Waals surface area contributed by atoms with Crippen LogP contribution < -0.4 is 14.8 Å². The van der Waals surface area contributed by atoms with Gasteiger partial charge in [-0.2, -0.15) is 0 Å². The van der Waals surface area contributed by atoms with Crippen molar-refractivity contribution in [2.45, 2.75) is 13.5 Å². The molecule has 33 heavy (non-hydrogen) atoms. The fourth-order valence-electron chi connectivity index (χ4n) is 2.91. The predicted octanol–water partition coefficient (Wildman–Crippen LogP) is 5.26. The van der Waals surface area contributed by atoms with Gasteiger partial charge >= 0.3 is 5.97 Å². The molecule has 2 N–H and O–H groups in total. The van der Waals surface area contributed by atoms with Crippen molar-refractivity contribution in [3.63, 3.8) is 0 Å². The monoisotopic (exact) mass is 561 g/mol. The van der Waals surface area contributed by atoms with Gasteiger partial charge in [-0.25, -0.2) is 9.18 Å². The van der Waals surface area contributed by atoms with E-state index in [0.717, 1.165) is 5.56 Å². The molecule has 170 valence electrons. The van der Waals surface area contributed by atoms with Crippen molar-refractivity contribution in [1.82, 2.24) is 5.32 Å². The number of hydrogen-bond acceptors (Lipinski definition) is 4. The lowest BCUT2D eigenvalue weighted by atomic mass is 10.1. The molecule has 0 saturated heterocycles. The highest BCUT2D eigenvalue weighted by Gasteiger charge is 2.16. The van der Waals surface area contributed by atoms with Crippen molar-refractivity contribution in [1.29, 1.82) is 0 Å². The van der Waals surface area contributed by atoms with Crippen LogP contribution in [0.2, 0.25) is 0 Å². The van der Waals surface area contributed by atoms with Crippen LogP contribution in [0.4, 0.5) is 4.39 Å². The summed E-state index contributed by atoms with van der Waals surface area (Å²) >= 11 is 2.07. The number of carbonyl (C=O) groups is 2. The van der Waals surface area contributed by atoms with Gasteiger partial charge in [0.1, 0.15) is 18.1 Å². The zero-order valence-electron chi connectivity index (χ0n) is 17.7. The number of carboxylic acid groups (broad SMARTS) is 1. The molecule has 0 aliphatic carbocycles. The van der Waals surface area contributed by atoms with Crippen LogP contribution in [0.15, 0.2) is 72.4 Å². The summed E-state index contributed by atoms with van der Waals surface area (Å²) < 4.78 is 25.4. The van der Waals surface area contributed by atoms with E-state index in [1.54, 1.807) is 54.6 Å². The zero-order chi connectivity index (χ0) is 23.8. The van der Waals surface area contributed by atoms with Crippen molar-refractivity contribution in [3.8, 4) is 11.5 Å². The van der Waals surface area contributed by atoms with E-state index in [4.69, 9.17) is 9.47 Å². The molecule has 0 aromatic heterocycles. The third-order valence-electron chi connectivity index (χ3n) is 4.45. The van der Waals surface area contributed by atoms with Crippen LogP contribution in [0, 0.1) is 9.39 Å². The second-order valence-electron chi connectivity index (χ2n) is 6.86. The molecule has 6 nitrogen and oxygen atoms in total. The average molecular weight is 561 g/mol. The number of ether oxygens (including phenoxy) is 2. The molecule has 0 fully saturated rings. The van der Waals surface area contributed by atoms with Gasteiger partial charge in [0.2, 0.25) is 0 Å². The smallest absolute Gasteiger partial charge is 0.352 e. The van der Waals surface area contributed by atoms with Crippen LogP contribution in [-0.2, 0) is 11.4 Å². The molecule has 0 aliphatic heterocycles. The Balaban J connectivity index is 1.86. The fourth-order valence-corrected chi connectivity index (χ4v) is 3.69. The number of carboxylic acids is 1. The summed E-state index contributed by atoms with van der Waals surface area (Å²) in [6.45, 7) is 2.40. The van der Waals surface area contributed by atoms with Crippen molar-refractivity contribution in [3.05, 3.63) is 98.5 Å². The largest absolute Gasteiger partial charge is 0.490 e. The number of hydrogen-bond donors (Lipinski definition) is 2. The Morgan fingerprint density at radius 2 is 1.76 bits per heavy atom. The lowest BCUT2D eigenvalue weighted by molar-refractivity contribution is -0.132. The van der Waals surface area contributed by atoms with E-state index in [-0.39, 0.29) is 18.1 Å². The molecule has 0 aliphatic rings. The molecule has 0 spiro atoms. The lowest BCUT2D eigenvalue weighted by Gasteiger charge is -2.15. The summed E-state index contributed by atoms with van der Waals surface area (Å²) in [7, 11) is 0. The molecule has 0 radical (unpaired) electrons. The third-order valence-corrected chi connectivity index (χ3v) is 5.26. The second-order valence-corrected chi connectivity index (χ2v) is 8.02. The Labute approximate surface area is 204 Å². The van der Waals surface area contributed by atoms with E-state index >= 15 is 0 Å². The number of carbonyl (C=O) groups excluding carboxylic acids is 1. The summed E-state index contributed by atoms with van der Waals surface area (Å²) in [5.74, 6) is -1.21. The molecule has 3 aromatic rings. The minimum Gasteiger partial charge on any atom is -0.490 e. The summed E-state index contributed by atoms with van der Waals surface area (Å²) in [4.78, 5) is 24.1. The summed E-state index contributed by atoms with van der Waals surface area (Å²) in [6.07, 6.45) is 1.36. The van der Waals surface area contributed by atoms with Crippen LogP contribution >= 0.6 is 22.6 Å². The van der Waals surface area contributed by atoms with Crippen LogP contribution in [0.5, 0.6) is 11.5 Å². The number of amides is 1. The van der Waals surface area contributed by atoms with Gasteiger partial charge in [0, 0.05) is 5.56 Å². The Morgan fingerprint density at radius 3 is 2.39 bits per heavy atom. The van der Waals surface area contributed by atoms with Gasteiger partial charge in [-0.15, -0.1) is 0 Å². The number of halogens is 2. The molecule has 0 heterocycles. The van der Waals surface area contributed by atoms with E-state index in [1.165, 1.54) is 18.2 Å². The first kappa shape index (κ1) is 24.2. The lowest BCUT2D eigenvalue weighted by Crippen LogP contribution is -2.27. The summed E-state index contributed by atoms with van der Waals surface area (Å²) in [6, 6.07) is 17.7. The maximum atomic E-state index is 13.1. The van der Waals surface area contributed by atoms with Gasteiger partial charge in [0.15, 0.2) is 11.5 Å². The first-order chi connectivity index (χ1) is 15.9. The van der Waals surface area contributed by atoms with Crippen LogP contribution in [0.25, 0.3) is 6.08 Å². The standard InChI is InChI=1S/C25H21FINO5/c1-2-32-22-14-17(12-20(27)23(22)33-15-16-8-10-19(26)11-9-16)13-21(25(30)31)28-24(29)18-6-4-3-5-7-18/h3-14H,2,15H2,1H3,(H,28,29)(H,30,31)/b21-13+. The number of benzene rings is 3. The molecular formula is C25H21FINO5. The van der Waals surface area contributed by atoms with E-state index in [1.807, 2.05) is 6.92 Å². The number of aliphatic carboxylic acids is 1. The van der Waals surface area contributed by atoms with Gasteiger partial charge < -0.3 is 19.9 Å². The van der Waals surface area contributed by atoms with Crippen molar-refractivity contribution >= 4 is 40.5 Å². The molecule has 8 heteroatoms. The molecule has 3 rings (SSSR count). The van der Waals surface area contributed by atoms with Gasteiger partial charge in [-0.1, -0.05) is 30.3 Å². The molecule has 1 amide bonds. The van der Waals surface area contributed by atoms with Crippen molar-refractivity contribution in [2.75, 3.05) is 6.61 Å². The van der Waals surface area contributed by atoms with Crippen LogP contribution in [0.1, 0.15) is 28.4 Å². The Kier molecular flexibility index (Phi) is 8.42. The Hall–Kier alpha value is -3.40. The predicted molar refractivity (Wildman–Crippen MR) is 131 cm³/mol. The van der Waals surface area contributed by atoms with Gasteiger partial charge in [-0.05, 0) is 83.1 Å². The minimum absolute atomic E-state index is 0.207. The number of rotatable bonds is 9. The Morgan fingerprint density at radius 1 is 1.06 bits per heavy atom.